The van der Waals surface area contributed by atoms with E-state index in [-0.39, 0.29) is 43.9 Å². The number of sulfonamides is 1. The number of nitrogens with one attached hydrogen (secondary N) is 2. The van der Waals surface area contributed by atoms with E-state index in [1.165, 1.54) is 28.8 Å². The summed E-state index contributed by atoms with van der Waals surface area (Å²) < 4.78 is 38.3. The Kier molecular flexibility index (Phi) is 7.22. The Hall–Kier alpha value is -3.64. The molecule has 1 amide bonds. The van der Waals surface area contributed by atoms with E-state index in [4.69, 9.17) is 0 Å². The summed E-state index contributed by atoms with van der Waals surface area (Å²) in [6.45, 7) is 2.97. The van der Waals surface area contributed by atoms with Crippen molar-refractivity contribution in [2.45, 2.75) is 13.0 Å². The molecule has 12 heteroatoms. The van der Waals surface area contributed by atoms with Crippen molar-refractivity contribution in [1.82, 2.24) is 24.2 Å². The third-order valence-electron chi connectivity index (χ3n) is 5.62. The summed E-state index contributed by atoms with van der Waals surface area (Å²) in [6.07, 6.45) is 5.78. The maximum absolute atomic E-state index is 13.3. The van der Waals surface area contributed by atoms with Crippen LogP contribution in [0.4, 0.5) is 21.8 Å². The van der Waals surface area contributed by atoms with Crippen LogP contribution in [-0.4, -0.2) is 70.9 Å². The number of halogens is 1. The highest BCUT2D eigenvalue weighted by atomic mass is 32.2. The van der Waals surface area contributed by atoms with Crippen LogP contribution in [0.2, 0.25) is 0 Å². The van der Waals surface area contributed by atoms with Crippen LogP contribution in [0.5, 0.6) is 0 Å². The van der Waals surface area contributed by atoms with Gasteiger partial charge in [-0.3, -0.25) is 9.78 Å². The second-order valence-corrected chi connectivity index (χ2v) is 10.2. The van der Waals surface area contributed by atoms with E-state index in [9.17, 15) is 17.6 Å². The molecule has 0 spiro atoms. The quantitative estimate of drug-likeness (QED) is 0.509. The number of hydrogen-bond donors (Lipinski definition) is 2. The number of carbonyl (C=O) groups is 1. The number of amides is 1. The number of hydrogen-bond acceptors (Lipinski definition) is 8. The van der Waals surface area contributed by atoms with Gasteiger partial charge in [0.25, 0.3) is 5.91 Å². The van der Waals surface area contributed by atoms with Gasteiger partial charge in [0.05, 0.1) is 12.5 Å². The zero-order valence-electron chi connectivity index (χ0n) is 19.3. The topological polar surface area (TPSA) is 120 Å². The highest BCUT2D eigenvalue weighted by molar-refractivity contribution is 7.88. The molecular weight excluding hydrogens is 473 g/mol. The molecular formula is C23H26FN7O3S. The molecule has 1 fully saturated rings. The Balaban J connectivity index is 1.58. The summed E-state index contributed by atoms with van der Waals surface area (Å²) in [5.74, 6) is 0.732. The molecule has 35 heavy (non-hydrogen) atoms. The lowest BCUT2D eigenvalue weighted by molar-refractivity contribution is 0.0698. The Bertz CT molecular complexity index is 1280. The van der Waals surface area contributed by atoms with Gasteiger partial charge < -0.3 is 15.5 Å². The van der Waals surface area contributed by atoms with Crippen LogP contribution in [0.1, 0.15) is 28.9 Å². The molecule has 1 atom stereocenters. The number of pyridine rings is 1. The summed E-state index contributed by atoms with van der Waals surface area (Å²) in [4.78, 5) is 27.7. The molecule has 1 saturated heterocycles. The molecule has 2 aromatic heterocycles. The summed E-state index contributed by atoms with van der Waals surface area (Å²) in [5.41, 5.74) is 1.23. The van der Waals surface area contributed by atoms with Crippen LogP contribution in [-0.2, 0) is 10.0 Å². The number of piperazine rings is 1. The first-order chi connectivity index (χ1) is 16.7. The monoisotopic (exact) mass is 499 g/mol. The molecule has 3 heterocycles. The molecule has 0 radical (unpaired) electrons. The number of anilines is 3. The molecule has 1 aliphatic heterocycles. The smallest absolute Gasteiger partial charge is 0.254 e. The van der Waals surface area contributed by atoms with Crippen LogP contribution < -0.4 is 10.6 Å². The van der Waals surface area contributed by atoms with E-state index in [2.05, 4.69) is 25.6 Å². The Morgan fingerprint density at radius 1 is 1.03 bits per heavy atom. The van der Waals surface area contributed by atoms with Gasteiger partial charge in [0.2, 0.25) is 10.0 Å². The predicted molar refractivity (Wildman–Crippen MR) is 130 cm³/mol. The standard InChI is InChI=1S/C23H26FN7O3S/c1-16(17-3-5-19(24)6-4-17)27-20-13-18(14-21(28-20)29-22-15-25-7-8-26-22)23(32)30-9-11-31(12-10-30)35(2,33)34/h3-8,13-16H,9-12H2,1-2H3,(H2,26,27,28,29). The number of benzene rings is 1. The minimum Gasteiger partial charge on any atom is -0.363 e. The van der Waals surface area contributed by atoms with Gasteiger partial charge in [-0.2, -0.15) is 4.31 Å². The molecule has 184 valence electrons. The maximum Gasteiger partial charge on any atom is 0.254 e. The van der Waals surface area contributed by atoms with E-state index in [0.29, 0.717) is 23.0 Å². The highest BCUT2D eigenvalue weighted by Gasteiger charge is 2.27. The van der Waals surface area contributed by atoms with Crippen molar-refractivity contribution >= 4 is 33.4 Å². The molecule has 2 N–H and O–H groups in total. The van der Waals surface area contributed by atoms with Crippen LogP contribution in [0, 0.1) is 5.82 Å². The first-order valence-corrected chi connectivity index (χ1v) is 12.9. The molecule has 1 aliphatic rings. The summed E-state index contributed by atoms with van der Waals surface area (Å²) in [5, 5.41) is 6.32. The van der Waals surface area contributed by atoms with Gasteiger partial charge in [0.1, 0.15) is 23.3 Å². The number of aromatic nitrogens is 3. The first kappa shape index (κ1) is 24.5. The molecule has 1 unspecified atom stereocenters. The van der Waals surface area contributed by atoms with Gasteiger partial charge in [-0.25, -0.2) is 22.8 Å². The molecule has 0 bridgehead atoms. The lowest BCUT2D eigenvalue weighted by Crippen LogP contribution is -2.50. The predicted octanol–water partition coefficient (Wildman–Crippen LogP) is 2.64. The molecule has 4 rings (SSSR count). The minimum atomic E-state index is -3.30. The number of carbonyl (C=O) groups excluding carboxylic acids is 1. The Morgan fingerprint density at radius 3 is 2.34 bits per heavy atom. The SMILES string of the molecule is CC(Nc1cc(C(=O)N2CCN(S(C)(=O)=O)CC2)cc(Nc2cnccn2)n1)c1ccc(F)cc1. The zero-order chi connectivity index (χ0) is 25.0. The number of rotatable bonds is 7. The molecule has 1 aromatic carbocycles. The summed E-state index contributed by atoms with van der Waals surface area (Å²) in [7, 11) is -3.30. The van der Waals surface area contributed by atoms with Crippen molar-refractivity contribution in [2.24, 2.45) is 0 Å². The van der Waals surface area contributed by atoms with Gasteiger partial charge in [-0.1, -0.05) is 12.1 Å². The summed E-state index contributed by atoms with van der Waals surface area (Å²) in [6, 6.07) is 9.19. The molecule has 3 aromatic rings. The maximum atomic E-state index is 13.3. The van der Waals surface area contributed by atoms with Crippen molar-refractivity contribution in [3.63, 3.8) is 0 Å². The minimum absolute atomic E-state index is 0.212. The Labute approximate surface area is 203 Å². The third kappa shape index (κ3) is 6.28. The van der Waals surface area contributed by atoms with Gasteiger partial charge in [-0.05, 0) is 36.8 Å². The lowest BCUT2D eigenvalue weighted by atomic mass is 10.1. The summed E-state index contributed by atoms with van der Waals surface area (Å²) >= 11 is 0. The van der Waals surface area contributed by atoms with Crippen molar-refractivity contribution < 1.29 is 17.6 Å². The normalized spacial score (nSPS) is 15.5. The lowest BCUT2D eigenvalue weighted by Gasteiger charge is -2.33. The largest absolute Gasteiger partial charge is 0.363 e. The van der Waals surface area contributed by atoms with E-state index in [0.717, 1.165) is 11.8 Å². The zero-order valence-corrected chi connectivity index (χ0v) is 20.2. The van der Waals surface area contributed by atoms with Gasteiger partial charge >= 0.3 is 0 Å². The second-order valence-electron chi connectivity index (χ2n) is 8.21. The van der Waals surface area contributed by atoms with Crippen molar-refractivity contribution in [1.29, 1.82) is 0 Å². The fourth-order valence-electron chi connectivity index (χ4n) is 3.75. The van der Waals surface area contributed by atoms with Crippen molar-refractivity contribution in [3.05, 3.63) is 71.9 Å². The van der Waals surface area contributed by atoms with Crippen molar-refractivity contribution in [3.8, 4) is 0 Å². The van der Waals surface area contributed by atoms with Crippen molar-refractivity contribution in [2.75, 3.05) is 43.1 Å². The highest BCUT2D eigenvalue weighted by Crippen LogP contribution is 2.24. The van der Waals surface area contributed by atoms with Gasteiger partial charge in [0.15, 0.2) is 0 Å². The van der Waals surface area contributed by atoms with Crippen LogP contribution in [0.25, 0.3) is 0 Å². The van der Waals surface area contributed by atoms with Gasteiger partial charge in [-0.15, -0.1) is 0 Å². The van der Waals surface area contributed by atoms with E-state index in [1.54, 1.807) is 35.4 Å². The second kappa shape index (κ2) is 10.3. The van der Waals surface area contributed by atoms with E-state index in [1.807, 2.05) is 6.92 Å². The van der Waals surface area contributed by atoms with Crippen LogP contribution in [0.15, 0.2) is 55.0 Å². The van der Waals surface area contributed by atoms with Crippen LogP contribution >= 0.6 is 0 Å². The molecule has 0 saturated carbocycles. The van der Waals surface area contributed by atoms with Gasteiger partial charge in [0, 0.05) is 50.2 Å². The first-order valence-electron chi connectivity index (χ1n) is 11.0. The average Bonchev–Trinajstić information content (AvgIpc) is 2.84. The fourth-order valence-corrected chi connectivity index (χ4v) is 4.58. The average molecular weight is 500 g/mol. The fraction of sp³-hybridized carbons (Fsp3) is 0.304. The molecule has 10 nitrogen and oxygen atoms in total. The Morgan fingerprint density at radius 2 is 1.71 bits per heavy atom. The third-order valence-corrected chi connectivity index (χ3v) is 6.92. The van der Waals surface area contributed by atoms with Crippen LogP contribution in [0.3, 0.4) is 0 Å². The molecule has 0 aliphatic carbocycles. The number of nitrogens with zero attached hydrogens (tertiary/aromatic N) is 5. The van der Waals surface area contributed by atoms with E-state index >= 15 is 0 Å². The van der Waals surface area contributed by atoms with E-state index < -0.39 is 10.0 Å².